The van der Waals surface area contributed by atoms with Crippen molar-refractivity contribution in [2.75, 3.05) is 11.9 Å². The van der Waals surface area contributed by atoms with Gasteiger partial charge in [0, 0.05) is 25.2 Å². The number of nitrogens with zero attached hydrogens (tertiary/aromatic N) is 1. The number of anilines is 1. The van der Waals surface area contributed by atoms with E-state index in [1.54, 1.807) is 0 Å². The van der Waals surface area contributed by atoms with Gasteiger partial charge in [0.1, 0.15) is 0 Å². The summed E-state index contributed by atoms with van der Waals surface area (Å²) in [6.07, 6.45) is 5.27. The van der Waals surface area contributed by atoms with Crippen LogP contribution < -0.4 is 5.32 Å². The van der Waals surface area contributed by atoms with Crippen molar-refractivity contribution in [3.63, 3.8) is 0 Å². The molecule has 0 spiro atoms. The van der Waals surface area contributed by atoms with E-state index in [4.69, 9.17) is 0 Å². The fourth-order valence-electron chi connectivity index (χ4n) is 2.86. The van der Waals surface area contributed by atoms with Crippen molar-refractivity contribution in [1.82, 2.24) is 4.90 Å². The number of nitrogens with one attached hydrogen (secondary N) is 1. The Hall–Kier alpha value is -1.35. The van der Waals surface area contributed by atoms with Gasteiger partial charge in [0.15, 0.2) is 0 Å². The molecule has 3 heteroatoms. The van der Waals surface area contributed by atoms with Crippen LogP contribution in [-0.4, -0.2) is 23.4 Å². The van der Waals surface area contributed by atoms with Gasteiger partial charge in [-0.2, -0.15) is 0 Å². The molecule has 3 nitrogen and oxygen atoms in total. The Balaban J connectivity index is 1.96. The fourth-order valence-corrected chi connectivity index (χ4v) is 2.86. The van der Waals surface area contributed by atoms with Crippen molar-refractivity contribution in [2.45, 2.75) is 52.1 Å². The van der Waals surface area contributed by atoms with Crippen molar-refractivity contribution >= 4 is 11.6 Å². The average molecular weight is 260 g/mol. The Morgan fingerprint density at radius 2 is 2.05 bits per heavy atom. The molecule has 1 unspecified atom stereocenters. The predicted octanol–water partition coefficient (Wildman–Crippen LogP) is 3.41. The molecule has 2 rings (SSSR count). The third kappa shape index (κ3) is 4.06. The Kier molecular flexibility index (Phi) is 4.97. The summed E-state index contributed by atoms with van der Waals surface area (Å²) < 4.78 is 0. The minimum atomic E-state index is -0.0187. The second kappa shape index (κ2) is 6.71. The number of amides is 1. The number of rotatable bonds is 4. The van der Waals surface area contributed by atoms with Crippen LogP contribution in [0.4, 0.5) is 5.69 Å². The molecule has 1 saturated heterocycles. The number of hydrogen-bond donors (Lipinski definition) is 1. The molecule has 19 heavy (non-hydrogen) atoms. The maximum atomic E-state index is 11.0. The van der Waals surface area contributed by atoms with E-state index in [9.17, 15) is 4.79 Å². The molecule has 1 N–H and O–H groups in total. The van der Waals surface area contributed by atoms with Crippen molar-refractivity contribution in [3.8, 4) is 0 Å². The van der Waals surface area contributed by atoms with Crippen LogP contribution in [0.5, 0.6) is 0 Å². The van der Waals surface area contributed by atoms with Gasteiger partial charge >= 0.3 is 0 Å². The number of hydrogen-bond acceptors (Lipinski definition) is 2. The van der Waals surface area contributed by atoms with Crippen molar-refractivity contribution in [1.29, 1.82) is 0 Å². The van der Waals surface area contributed by atoms with Crippen LogP contribution in [0, 0.1) is 0 Å². The summed E-state index contributed by atoms with van der Waals surface area (Å²) in [6.45, 7) is 6.06. The molecule has 1 amide bonds. The molecule has 104 valence electrons. The molecule has 1 atom stereocenters. The van der Waals surface area contributed by atoms with Gasteiger partial charge < -0.3 is 5.32 Å². The molecule has 1 aromatic carbocycles. The highest BCUT2D eigenvalue weighted by Gasteiger charge is 2.20. The van der Waals surface area contributed by atoms with Gasteiger partial charge in [-0.25, -0.2) is 0 Å². The fraction of sp³-hybridized carbons (Fsp3) is 0.562. The SMILES string of the molecule is CCC1CCCCN1Cc1ccc(NC(C)=O)cc1. The number of benzene rings is 1. The van der Waals surface area contributed by atoms with Gasteiger partial charge in [0.25, 0.3) is 0 Å². The molecule has 0 radical (unpaired) electrons. The van der Waals surface area contributed by atoms with Gasteiger partial charge in [-0.15, -0.1) is 0 Å². The first-order valence-electron chi connectivity index (χ1n) is 7.29. The lowest BCUT2D eigenvalue weighted by molar-refractivity contribution is -0.114. The average Bonchev–Trinajstić information content (AvgIpc) is 2.41. The molecule has 1 aliphatic heterocycles. The third-order valence-electron chi connectivity index (χ3n) is 3.88. The summed E-state index contributed by atoms with van der Waals surface area (Å²) in [6, 6.07) is 8.95. The molecular weight excluding hydrogens is 236 g/mol. The molecular formula is C16H24N2O. The topological polar surface area (TPSA) is 32.3 Å². The zero-order valence-corrected chi connectivity index (χ0v) is 12.0. The van der Waals surface area contributed by atoms with E-state index in [2.05, 4.69) is 29.3 Å². The van der Waals surface area contributed by atoms with E-state index in [1.807, 2.05) is 12.1 Å². The molecule has 1 aromatic rings. The van der Waals surface area contributed by atoms with E-state index < -0.39 is 0 Å². The van der Waals surface area contributed by atoms with Gasteiger partial charge in [-0.1, -0.05) is 25.5 Å². The molecule has 0 bridgehead atoms. The van der Waals surface area contributed by atoms with Gasteiger partial charge in [0.2, 0.25) is 5.91 Å². The van der Waals surface area contributed by atoms with Crippen LogP contribution in [0.1, 0.15) is 45.1 Å². The van der Waals surface area contributed by atoms with Crippen molar-refractivity contribution < 1.29 is 4.79 Å². The van der Waals surface area contributed by atoms with Crippen LogP contribution in [0.3, 0.4) is 0 Å². The second-order valence-corrected chi connectivity index (χ2v) is 5.41. The first-order chi connectivity index (χ1) is 9.19. The minimum absolute atomic E-state index is 0.0187. The van der Waals surface area contributed by atoms with Gasteiger partial charge in [0.05, 0.1) is 0 Å². The lowest BCUT2D eigenvalue weighted by Gasteiger charge is -2.35. The summed E-state index contributed by atoms with van der Waals surface area (Å²) in [4.78, 5) is 13.6. The standard InChI is InChI=1S/C16H24N2O/c1-3-16-6-4-5-11-18(16)12-14-7-9-15(10-8-14)17-13(2)19/h7-10,16H,3-6,11-12H2,1-2H3,(H,17,19). The summed E-state index contributed by atoms with van der Waals surface area (Å²) in [5.41, 5.74) is 2.20. The molecule has 0 aliphatic carbocycles. The minimum Gasteiger partial charge on any atom is -0.326 e. The largest absolute Gasteiger partial charge is 0.326 e. The number of piperidine rings is 1. The lowest BCUT2D eigenvalue weighted by atomic mass is 9.99. The summed E-state index contributed by atoms with van der Waals surface area (Å²) in [7, 11) is 0. The Morgan fingerprint density at radius 3 is 2.68 bits per heavy atom. The molecule has 1 aliphatic rings. The summed E-state index contributed by atoms with van der Waals surface area (Å²) >= 11 is 0. The monoisotopic (exact) mass is 260 g/mol. The van der Waals surface area contributed by atoms with Gasteiger partial charge in [-0.05, 0) is 43.5 Å². The van der Waals surface area contributed by atoms with E-state index >= 15 is 0 Å². The van der Waals surface area contributed by atoms with Crippen LogP contribution in [0.15, 0.2) is 24.3 Å². The zero-order valence-electron chi connectivity index (χ0n) is 12.0. The third-order valence-corrected chi connectivity index (χ3v) is 3.88. The maximum Gasteiger partial charge on any atom is 0.221 e. The smallest absolute Gasteiger partial charge is 0.221 e. The highest BCUT2D eigenvalue weighted by atomic mass is 16.1. The molecule has 1 heterocycles. The number of likely N-dealkylation sites (tertiary alicyclic amines) is 1. The quantitative estimate of drug-likeness (QED) is 0.899. The maximum absolute atomic E-state index is 11.0. The van der Waals surface area contributed by atoms with E-state index in [1.165, 1.54) is 44.7 Å². The number of carbonyl (C=O) groups is 1. The van der Waals surface area contributed by atoms with E-state index in [0.29, 0.717) is 0 Å². The highest BCUT2D eigenvalue weighted by Crippen LogP contribution is 2.22. The molecule has 0 aromatic heterocycles. The first kappa shape index (κ1) is 14.1. The van der Waals surface area contributed by atoms with Gasteiger partial charge in [-0.3, -0.25) is 9.69 Å². The molecule has 0 saturated carbocycles. The van der Waals surface area contributed by atoms with Crippen LogP contribution >= 0.6 is 0 Å². The van der Waals surface area contributed by atoms with E-state index in [-0.39, 0.29) is 5.91 Å². The summed E-state index contributed by atoms with van der Waals surface area (Å²) in [5, 5.41) is 2.80. The summed E-state index contributed by atoms with van der Waals surface area (Å²) in [5.74, 6) is -0.0187. The first-order valence-corrected chi connectivity index (χ1v) is 7.29. The van der Waals surface area contributed by atoms with Crippen molar-refractivity contribution in [3.05, 3.63) is 29.8 Å². The Bertz CT molecular complexity index is 413. The normalized spacial score (nSPS) is 20.2. The lowest BCUT2D eigenvalue weighted by Crippen LogP contribution is -2.38. The van der Waals surface area contributed by atoms with Crippen LogP contribution in [0.25, 0.3) is 0 Å². The number of carbonyl (C=O) groups excluding carboxylic acids is 1. The van der Waals surface area contributed by atoms with E-state index in [0.717, 1.165) is 18.3 Å². The molecule has 1 fully saturated rings. The Morgan fingerprint density at radius 1 is 1.32 bits per heavy atom. The van der Waals surface area contributed by atoms with Crippen LogP contribution in [0.2, 0.25) is 0 Å². The zero-order chi connectivity index (χ0) is 13.7. The second-order valence-electron chi connectivity index (χ2n) is 5.41. The Labute approximate surface area is 116 Å². The van der Waals surface area contributed by atoms with Crippen LogP contribution in [-0.2, 0) is 11.3 Å². The predicted molar refractivity (Wildman–Crippen MR) is 79.1 cm³/mol. The highest BCUT2D eigenvalue weighted by molar-refractivity contribution is 5.88. The van der Waals surface area contributed by atoms with Crippen molar-refractivity contribution in [2.24, 2.45) is 0 Å².